The Kier molecular flexibility index (Phi) is 4.13. The van der Waals surface area contributed by atoms with Gasteiger partial charge in [-0.25, -0.2) is 8.78 Å². The Morgan fingerprint density at radius 3 is 2.32 bits per heavy atom. The van der Waals surface area contributed by atoms with Crippen molar-refractivity contribution in [1.82, 2.24) is 0 Å². The molecule has 0 aromatic heterocycles. The lowest BCUT2D eigenvalue weighted by Gasteiger charge is -2.64. The molecule has 1 saturated heterocycles. The van der Waals surface area contributed by atoms with E-state index >= 15 is 0 Å². The maximum atomic E-state index is 13.1. The van der Waals surface area contributed by atoms with E-state index in [0.29, 0.717) is 32.0 Å². The van der Waals surface area contributed by atoms with Gasteiger partial charge in [-0.3, -0.25) is 4.79 Å². The second-order valence-corrected chi connectivity index (χ2v) is 8.66. The van der Waals surface area contributed by atoms with Crippen LogP contribution in [0.1, 0.15) is 39.0 Å². The van der Waals surface area contributed by atoms with Crippen LogP contribution in [0, 0.1) is 29.1 Å². The van der Waals surface area contributed by atoms with Crippen molar-refractivity contribution in [1.29, 1.82) is 0 Å². The molecule has 142 valence electrons. The van der Waals surface area contributed by atoms with E-state index < -0.39 is 29.7 Å². The number of esters is 1. The molecule has 5 aliphatic rings. The molecule has 5 rings (SSSR count). The van der Waals surface area contributed by atoms with Gasteiger partial charge >= 0.3 is 5.97 Å². The Balaban J connectivity index is 1.50. The second kappa shape index (κ2) is 5.86. The molecule has 2 unspecified atom stereocenters. The number of aliphatic hydroxyl groups excluding tert-OH is 1. The molecule has 25 heavy (non-hydrogen) atoms. The molecule has 1 aliphatic heterocycles. The third-order valence-electron chi connectivity index (χ3n) is 6.56. The van der Waals surface area contributed by atoms with Crippen molar-refractivity contribution < 1.29 is 32.9 Å². The highest BCUT2D eigenvalue weighted by molar-refractivity contribution is 5.77. The van der Waals surface area contributed by atoms with Gasteiger partial charge in [0.1, 0.15) is 0 Å². The van der Waals surface area contributed by atoms with Gasteiger partial charge in [0.05, 0.1) is 25.2 Å². The minimum absolute atomic E-state index is 0.00600. The topological polar surface area (TPSA) is 65.0 Å². The van der Waals surface area contributed by atoms with Crippen molar-refractivity contribution in [3.8, 4) is 0 Å². The minimum Gasteiger partial charge on any atom is -0.459 e. The molecule has 0 aromatic carbocycles. The van der Waals surface area contributed by atoms with Crippen LogP contribution in [0.4, 0.5) is 8.78 Å². The first-order chi connectivity index (χ1) is 11.8. The molecule has 0 radical (unpaired) electrons. The van der Waals surface area contributed by atoms with Gasteiger partial charge in [0.15, 0.2) is 12.4 Å². The predicted octanol–water partition coefficient (Wildman–Crippen LogP) is 2.36. The number of hydrogen-bond donors (Lipinski definition) is 1. The summed E-state index contributed by atoms with van der Waals surface area (Å²) in [6.07, 6.45) is 3.78. The minimum atomic E-state index is -3.01. The molecule has 4 saturated carbocycles. The smallest absolute Gasteiger partial charge is 0.312 e. The number of alkyl halides is 2. The first kappa shape index (κ1) is 17.6. The van der Waals surface area contributed by atoms with E-state index in [0.717, 1.165) is 26.2 Å². The fourth-order valence-electron chi connectivity index (χ4n) is 5.68. The van der Waals surface area contributed by atoms with Crippen LogP contribution < -0.4 is 0 Å². The number of carbonyl (C=O) groups excluding carboxylic acids is 1. The fraction of sp³-hybridized carbons (Fsp3) is 0.944. The second-order valence-electron chi connectivity index (χ2n) is 8.66. The van der Waals surface area contributed by atoms with Crippen molar-refractivity contribution in [2.24, 2.45) is 29.1 Å². The third kappa shape index (κ3) is 2.88. The highest BCUT2D eigenvalue weighted by atomic mass is 19.3. The lowest BCUT2D eigenvalue weighted by Crippen LogP contribution is -2.67. The number of aliphatic hydroxyl groups is 1. The van der Waals surface area contributed by atoms with Gasteiger partial charge in [0.2, 0.25) is 0 Å². The molecule has 4 bridgehead atoms. The average Bonchev–Trinajstić information content (AvgIpc) is 2.57. The van der Waals surface area contributed by atoms with Gasteiger partial charge in [-0.05, 0) is 38.0 Å². The van der Waals surface area contributed by atoms with Crippen LogP contribution in [0.25, 0.3) is 0 Å². The van der Waals surface area contributed by atoms with E-state index in [1.165, 1.54) is 0 Å². The number of ether oxygens (including phenoxy) is 3. The summed E-state index contributed by atoms with van der Waals surface area (Å²) in [5, 5.41) is 9.29. The van der Waals surface area contributed by atoms with E-state index in [9.17, 15) is 18.7 Å². The zero-order valence-corrected chi connectivity index (χ0v) is 14.5. The Morgan fingerprint density at radius 2 is 1.80 bits per heavy atom. The molecule has 5 nitrogen and oxygen atoms in total. The maximum Gasteiger partial charge on any atom is 0.312 e. The van der Waals surface area contributed by atoms with Gasteiger partial charge in [-0.2, -0.15) is 0 Å². The highest BCUT2D eigenvalue weighted by Gasteiger charge is 2.67. The van der Waals surface area contributed by atoms with Crippen LogP contribution >= 0.6 is 0 Å². The van der Waals surface area contributed by atoms with E-state index in [2.05, 4.69) is 0 Å². The lowest BCUT2D eigenvalue weighted by molar-refractivity contribution is -0.376. The van der Waals surface area contributed by atoms with E-state index in [4.69, 9.17) is 14.2 Å². The molecule has 0 amide bonds. The van der Waals surface area contributed by atoms with Crippen molar-refractivity contribution in [2.75, 3.05) is 26.4 Å². The highest BCUT2D eigenvalue weighted by Crippen LogP contribution is 2.65. The molecule has 1 heterocycles. The summed E-state index contributed by atoms with van der Waals surface area (Å²) in [4.78, 5) is 12.6. The van der Waals surface area contributed by atoms with E-state index in [1.807, 2.05) is 0 Å². The molecule has 2 atom stereocenters. The Labute approximate surface area is 146 Å². The SMILES string of the molecule is CC(F)(F)COC(=O)C12CC3CC(C1)C1(OCC(CO)CO1)C(C3)C2. The van der Waals surface area contributed by atoms with Crippen molar-refractivity contribution in [3.05, 3.63) is 0 Å². The monoisotopic (exact) mass is 360 g/mol. The first-order valence-electron chi connectivity index (χ1n) is 9.20. The molecule has 1 N–H and O–H groups in total. The molecule has 0 aromatic rings. The number of carbonyl (C=O) groups is 1. The van der Waals surface area contributed by atoms with Crippen molar-refractivity contribution >= 4 is 5.97 Å². The van der Waals surface area contributed by atoms with Gasteiger partial charge < -0.3 is 19.3 Å². The Morgan fingerprint density at radius 1 is 1.20 bits per heavy atom. The summed E-state index contributed by atoms with van der Waals surface area (Å²) in [6, 6.07) is 0. The van der Waals surface area contributed by atoms with Gasteiger partial charge in [-0.15, -0.1) is 0 Å². The zero-order chi connectivity index (χ0) is 17.9. The normalized spacial score (nSPS) is 45.8. The van der Waals surface area contributed by atoms with Crippen LogP contribution in [0.2, 0.25) is 0 Å². The van der Waals surface area contributed by atoms with Crippen LogP contribution in [0.5, 0.6) is 0 Å². The van der Waals surface area contributed by atoms with Crippen molar-refractivity contribution in [2.45, 2.75) is 50.7 Å². The van der Waals surface area contributed by atoms with E-state index in [-0.39, 0.29) is 24.4 Å². The van der Waals surface area contributed by atoms with Crippen molar-refractivity contribution in [3.63, 3.8) is 0 Å². The zero-order valence-electron chi connectivity index (χ0n) is 14.5. The molecule has 4 aliphatic carbocycles. The molecule has 7 heteroatoms. The van der Waals surface area contributed by atoms with Gasteiger partial charge in [0, 0.05) is 24.7 Å². The largest absolute Gasteiger partial charge is 0.459 e. The van der Waals surface area contributed by atoms with Gasteiger partial charge in [-0.1, -0.05) is 0 Å². The molecular weight excluding hydrogens is 334 g/mol. The first-order valence-corrected chi connectivity index (χ1v) is 9.20. The number of rotatable bonds is 4. The lowest BCUT2D eigenvalue weighted by atomic mass is 9.47. The third-order valence-corrected chi connectivity index (χ3v) is 6.56. The van der Waals surface area contributed by atoms with Gasteiger partial charge in [0.25, 0.3) is 5.92 Å². The summed E-state index contributed by atoms with van der Waals surface area (Å²) in [5.41, 5.74) is -0.659. The van der Waals surface area contributed by atoms with Crippen LogP contribution in [0.15, 0.2) is 0 Å². The molecular formula is C18H26F2O5. The average molecular weight is 360 g/mol. The standard InChI is InChI=1S/C18H26F2O5/c1-16(19,20)10-23-15(22)17-4-11-2-13(5-17)18(14(3-11)6-17)24-8-12(7-21)9-25-18/h11-14,21H,2-10H2,1H3. The summed E-state index contributed by atoms with van der Waals surface area (Å²) < 4.78 is 43.4. The summed E-state index contributed by atoms with van der Waals surface area (Å²) in [6.45, 7) is 0.872. The Bertz CT molecular complexity index is 520. The van der Waals surface area contributed by atoms with Crippen LogP contribution in [-0.4, -0.2) is 49.2 Å². The predicted molar refractivity (Wildman–Crippen MR) is 82.8 cm³/mol. The number of hydrogen-bond acceptors (Lipinski definition) is 5. The van der Waals surface area contributed by atoms with E-state index in [1.54, 1.807) is 0 Å². The summed E-state index contributed by atoms with van der Waals surface area (Å²) in [7, 11) is 0. The van der Waals surface area contributed by atoms with Crippen LogP contribution in [0.3, 0.4) is 0 Å². The summed E-state index contributed by atoms with van der Waals surface area (Å²) >= 11 is 0. The quantitative estimate of drug-likeness (QED) is 0.780. The van der Waals surface area contributed by atoms with Crippen LogP contribution in [-0.2, 0) is 19.0 Å². The Hall–Kier alpha value is -0.790. The fourth-order valence-corrected chi connectivity index (χ4v) is 5.68. The number of halogens is 2. The molecule has 1 spiro atoms. The molecule has 5 fully saturated rings. The summed E-state index contributed by atoms with van der Waals surface area (Å²) in [5.74, 6) is -3.57. The maximum absolute atomic E-state index is 13.1.